The van der Waals surface area contributed by atoms with Gasteiger partial charge in [0.25, 0.3) is 0 Å². The van der Waals surface area contributed by atoms with E-state index in [1.807, 2.05) is 0 Å². The normalized spacial score (nSPS) is 12.0. The number of hydrogen-bond acceptors (Lipinski definition) is 1. The van der Waals surface area contributed by atoms with Crippen molar-refractivity contribution in [2.45, 2.75) is 20.8 Å². The van der Waals surface area contributed by atoms with E-state index in [0.29, 0.717) is 5.41 Å². The molecule has 0 rings (SSSR count). The lowest BCUT2D eigenvalue weighted by atomic mass is 9.99. The quantitative estimate of drug-likeness (QED) is 0.480. The van der Waals surface area contributed by atoms with Crippen molar-refractivity contribution >= 4 is 9.47 Å². The first kappa shape index (κ1) is 7.39. The molecule has 0 aromatic rings. The summed E-state index contributed by atoms with van der Waals surface area (Å²) in [7, 11) is 2.24. The molecule has 0 aliphatic rings. The molecule has 0 fully saturated rings. The van der Waals surface area contributed by atoms with Gasteiger partial charge in [0.15, 0.2) is 0 Å². The third-order valence-corrected chi connectivity index (χ3v) is 0.683. The first-order valence-corrected chi connectivity index (χ1v) is 2.85. The van der Waals surface area contributed by atoms with Crippen LogP contribution < -0.4 is 0 Å². The fourth-order valence-corrected chi connectivity index (χ4v) is 0.750. The Morgan fingerprint density at radius 2 is 1.86 bits per heavy atom. The molecule has 0 aliphatic carbocycles. The summed E-state index contributed by atoms with van der Waals surface area (Å²) in [5.41, 5.74) is 0.307. The average molecular weight is 120 g/mol. The van der Waals surface area contributed by atoms with Gasteiger partial charge < -0.3 is 4.52 Å². The molecule has 0 aromatic heterocycles. The summed E-state index contributed by atoms with van der Waals surface area (Å²) in [6.07, 6.45) is 0. The Balaban J connectivity index is 3.15. The summed E-state index contributed by atoms with van der Waals surface area (Å²) in [5.74, 6) is 0. The van der Waals surface area contributed by atoms with Crippen LogP contribution in [0.1, 0.15) is 20.8 Å². The SMILES string of the molecule is CC(C)(C)COP. The summed E-state index contributed by atoms with van der Waals surface area (Å²) in [6, 6.07) is 0. The van der Waals surface area contributed by atoms with E-state index in [-0.39, 0.29) is 0 Å². The molecule has 0 heterocycles. The monoisotopic (exact) mass is 120 g/mol. The van der Waals surface area contributed by atoms with E-state index in [1.54, 1.807) is 0 Å². The summed E-state index contributed by atoms with van der Waals surface area (Å²) in [4.78, 5) is 0. The lowest BCUT2D eigenvalue weighted by Crippen LogP contribution is -2.10. The highest BCUT2D eigenvalue weighted by molar-refractivity contribution is 7.09. The highest BCUT2D eigenvalue weighted by Crippen LogP contribution is 2.13. The molecule has 0 N–H and O–H groups in total. The second-order valence-electron chi connectivity index (χ2n) is 2.87. The second-order valence-corrected chi connectivity index (χ2v) is 3.20. The fourth-order valence-electron chi connectivity index (χ4n) is 0.250. The Hall–Kier alpha value is 0.390. The van der Waals surface area contributed by atoms with Gasteiger partial charge in [-0.2, -0.15) is 0 Å². The zero-order valence-corrected chi connectivity index (χ0v) is 6.35. The molecule has 44 valence electrons. The van der Waals surface area contributed by atoms with Crippen LogP contribution >= 0.6 is 9.47 Å². The molecule has 0 spiro atoms. The molecule has 1 nitrogen and oxygen atoms in total. The molecule has 0 saturated carbocycles. The van der Waals surface area contributed by atoms with Gasteiger partial charge in [-0.05, 0) is 5.41 Å². The van der Waals surface area contributed by atoms with Crippen LogP contribution in [-0.2, 0) is 4.52 Å². The first-order valence-electron chi connectivity index (χ1n) is 2.38. The standard InChI is InChI=1S/C5H13OP/c1-5(2,3)4-6-7/h4,7H2,1-3H3. The van der Waals surface area contributed by atoms with Crippen LogP contribution in [0, 0.1) is 5.41 Å². The molecular formula is C5H13OP. The fraction of sp³-hybridized carbons (Fsp3) is 1.00. The third-order valence-electron chi connectivity index (χ3n) is 0.516. The summed E-state index contributed by atoms with van der Waals surface area (Å²) in [6.45, 7) is 7.21. The maximum atomic E-state index is 4.82. The molecule has 0 aliphatic heterocycles. The van der Waals surface area contributed by atoms with Crippen molar-refractivity contribution in [3.8, 4) is 0 Å². The second kappa shape index (κ2) is 2.64. The highest BCUT2D eigenvalue weighted by Gasteiger charge is 2.07. The van der Waals surface area contributed by atoms with Gasteiger partial charge in [0.1, 0.15) is 0 Å². The van der Waals surface area contributed by atoms with Crippen molar-refractivity contribution < 1.29 is 4.52 Å². The van der Waals surface area contributed by atoms with Crippen molar-refractivity contribution in [1.29, 1.82) is 0 Å². The van der Waals surface area contributed by atoms with Crippen LogP contribution in [0.5, 0.6) is 0 Å². The van der Waals surface area contributed by atoms with Crippen molar-refractivity contribution in [1.82, 2.24) is 0 Å². The van der Waals surface area contributed by atoms with Gasteiger partial charge in [0.2, 0.25) is 0 Å². The minimum absolute atomic E-state index is 0.307. The van der Waals surface area contributed by atoms with Crippen LogP contribution in [0.15, 0.2) is 0 Å². The summed E-state index contributed by atoms with van der Waals surface area (Å²) < 4.78 is 4.82. The van der Waals surface area contributed by atoms with E-state index in [0.717, 1.165) is 6.61 Å². The first-order chi connectivity index (χ1) is 3.06. The molecule has 1 atom stereocenters. The van der Waals surface area contributed by atoms with E-state index in [1.165, 1.54) is 0 Å². The highest BCUT2D eigenvalue weighted by atomic mass is 31.0. The van der Waals surface area contributed by atoms with E-state index < -0.39 is 0 Å². The van der Waals surface area contributed by atoms with E-state index >= 15 is 0 Å². The molecule has 0 saturated heterocycles. The summed E-state index contributed by atoms with van der Waals surface area (Å²) in [5, 5.41) is 0. The zero-order valence-electron chi connectivity index (χ0n) is 5.19. The number of hydrogen-bond donors (Lipinski definition) is 0. The Morgan fingerprint density at radius 3 is 1.86 bits per heavy atom. The Kier molecular flexibility index (Phi) is 2.78. The third kappa shape index (κ3) is 6.39. The van der Waals surface area contributed by atoms with E-state index in [4.69, 9.17) is 4.52 Å². The van der Waals surface area contributed by atoms with E-state index in [9.17, 15) is 0 Å². The predicted octanol–water partition coefficient (Wildman–Crippen LogP) is 1.84. The molecule has 2 heteroatoms. The minimum atomic E-state index is 0.307. The summed E-state index contributed by atoms with van der Waals surface area (Å²) >= 11 is 0. The van der Waals surface area contributed by atoms with Crippen LogP contribution in [0.4, 0.5) is 0 Å². The van der Waals surface area contributed by atoms with E-state index in [2.05, 4.69) is 30.2 Å². The van der Waals surface area contributed by atoms with Gasteiger partial charge in [-0.3, -0.25) is 0 Å². The smallest absolute Gasteiger partial charge is 0.0550 e. The van der Waals surface area contributed by atoms with Gasteiger partial charge in [-0.15, -0.1) is 0 Å². The zero-order chi connectivity index (χ0) is 5.91. The van der Waals surface area contributed by atoms with Crippen LogP contribution in [-0.4, -0.2) is 6.61 Å². The Labute approximate surface area is 47.7 Å². The van der Waals surface area contributed by atoms with Crippen LogP contribution in [0.3, 0.4) is 0 Å². The molecule has 1 unspecified atom stereocenters. The molecule has 0 bridgehead atoms. The molecule has 7 heavy (non-hydrogen) atoms. The van der Waals surface area contributed by atoms with Crippen LogP contribution in [0.25, 0.3) is 0 Å². The molecule has 0 radical (unpaired) electrons. The molecular weight excluding hydrogens is 107 g/mol. The maximum Gasteiger partial charge on any atom is 0.0550 e. The Morgan fingerprint density at radius 1 is 1.43 bits per heavy atom. The Bertz CT molecular complexity index is 46.5. The van der Waals surface area contributed by atoms with Crippen molar-refractivity contribution in [2.24, 2.45) is 5.41 Å². The van der Waals surface area contributed by atoms with Gasteiger partial charge in [0.05, 0.1) is 6.61 Å². The maximum absolute atomic E-state index is 4.82. The van der Waals surface area contributed by atoms with Gasteiger partial charge in [-0.1, -0.05) is 20.8 Å². The van der Waals surface area contributed by atoms with Crippen molar-refractivity contribution in [3.63, 3.8) is 0 Å². The lowest BCUT2D eigenvalue weighted by molar-refractivity contribution is 0.226. The van der Waals surface area contributed by atoms with Gasteiger partial charge in [0, 0.05) is 9.47 Å². The van der Waals surface area contributed by atoms with Gasteiger partial charge >= 0.3 is 0 Å². The van der Waals surface area contributed by atoms with Crippen molar-refractivity contribution in [3.05, 3.63) is 0 Å². The van der Waals surface area contributed by atoms with Crippen molar-refractivity contribution in [2.75, 3.05) is 6.61 Å². The lowest BCUT2D eigenvalue weighted by Gasteiger charge is -2.14. The molecule has 0 aromatic carbocycles. The average Bonchev–Trinajstić information content (AvgIpc) is 1.30. The predicted molar refractivity (Wildman–Crippen MR) is 35.1 cm³/mol. The number of rotatable bonds is 1. The minimum Gasteiger partial charge on any atom is -0.365 e. The van der Waals surface area contributed by atoms with Crippen LogP contribution in [0.2, 0.25) is 0 Å². The van der Waals surface area contributed by atoms with Gasteiger partial charge in [-0.25, -0.2) is 0 Å². The topological polar surface area (TPSA) is 9.23 Å². The molecule has 0 amide bonds. The largest absolute Gasteiger partial charge is 0.365 e.